The summed E-state index contributed by atoms with van der Waals surface area (Å²) in [4.78, 5) is 19.9. The van der Waals surface area contributed by atoms with Crippen molar-refractivity contribution in [3.05, 3.63) is 41.5 Å². The average Bonchev–Trinajstić information content (AvgIpc) is 2.79. The van der Waals surface area contributed by atoms with Crippen molar-refractivity contribution in [3.8, 4) is 6.07 Å². The van der Waals surface area contributed by atoms with Crippen LogP contribution in [0.4, 0.5) is 5.82 Å². The minimum atomic E-state index is -0.294. The van der Waals surface area contributed by atoms with Crippen molar-refractivity contribution in [2.75, 3.05) is 31.2 Å². The molecule has 0 radical (unpaired) electrons. The zero-order chi connectivity index (χ0) is 20.9. The van der Waals surface area contributed by atoms with E-state index >= 15 is 0 Å². The highest BCUT2D eigenvalue weighted by Gasteiger charge is 2.24. The second-order valence-corrected chi connectivity index (χ2v) is 8.20. The molecule has 2 heterocycles. The van der Waals surface area contributed by atoms with Crippen molar-refractivity contribution in [2.24, 2.45) is 5.92 Å². The molecule has 1 aromatic heterocycles. The summed E-state index contributed by atoms with van der Waals surface area (Å²) < 4.78 is 5.48. The molecule has 1 saturated heterocycles. The van der Waals surface area contributed by atoms with Crippen LogP contribution in [-0.2, 0) is 9.53 Å². The van der Waals surface area contributed by atoms with E-state index in [9.17, 15) is 10.1 Å². The molecule has 6 nitrogen and oxygen atoms in total. The molecule has 1 aromatic carbocycles. The molecule has 1 saturated carbocycles. The highest BCUT2D eigenvalue weighted by molar-refractivity contribution is 6.03. The Morgan fingerprint density at radius 2 is 2.03 bits per heavy atom. The fourth-order valence-corrected chi connectivity index (χ4v) is 4.34. The molecule has 1 N–H and O–H groups in total. The van der Waals surface area contributed by atoms with E-state index in [4.69, 9.17) is 9.72 Å². The highest BCUT2D eigenvalue weighted by Crippen LogP contribution is 2.27. The van der Waals surface area contributed by atoms with E-state index in [0.29, 0.717) is 19.1 Å². The Kier molecular flexibility index (Phi) is 6.29. The number of carbonyl (C=O) groups is 1. The van der Waals surface area contributed by atoms with Crippen LogP contribution in [0.2, 0.25) is 0 Å². The third-order valence-electron chi connectivity index (χ3n) is 6.14. The first kappa shape index (κ1) is 20.4. The minimum Gasteiger partial charge on any atom is -0.378 e. The van der Waals surface area contributed by atoms with Crippen LogP contribution in [0.15, 0.2) is 35.9 Å². The Balaban J connectivity index is 1.67. The van der Waals surface area contributed by atoms with E-state index in [0.717, 1.165) is 54.6 Å². The van der Waals surface area contributed by atoms with Crippen LogP contribution in [0, 0.1) is 17.2 Å². The number of carbonyl (C=O) groups excluding carboxylic acids is 1. The number of hydrogen-bond donors (Lipinski definition) is 1. The van der Waals surface area contributed by atoms with Gasteiger partial charge in [0.2, 0.25) is 0 Å². The molecule has 6 heteroatoms. The monoisotopic (exact) mass is 404 g/mol. The van der Waals surface area contributed by atoms with E-state index in [2.05, 4.69) is 23.2 Å². The predicted molar refractivity (Wildman–Crippen MR) is 118 cm³/mol. The Morgan fingerprint density at radius 1 is 1.27 bits per heavy atom. The van der Waals surface area contributed by atoms with Crippen molar-refractivity contribution in [1.82, 2.24) is 10.3 Å². The number of morpholine rings is 1. The number of amides is 1. The summed E-state index contributed by atoms with van der Waals surface area (Å²) in [6.07, 6.45) is 6.11. The van der Waals surface area contributed by atoms with E-state index in [1.165, 1.54) is 6.42 Å². The number of ether oxygens (including phenoxy) is 1. The molecule has 2 fully saturated rings. The summed E-state index contributed by atoms with van der Waals surface area (Å²) in [5, 5.41) is 13.8. The van der Waals surface area contributed by atoms with Gasteiger partial charge in [-0.15, -0.1) is 0 Å². The number of nitriles is 1. The molecular formula is C24H28N4O2. The van der Waals surface area contributed by atoms with Crippen LogP contribution in [-0.4, -0.2) is 43.2 Å². The number of rotatable bonds is 4. The van der Waals surface area contributed by atoms with Crippen molar-refractivity contribution in [1.29, 1.82) is 5.26 Å². The van der Waals surface area contributed by atoms with Crippen LogP contribution < -0.4 is 10.2 Å². The van der Waals surface area contributed by atoms with Gasteiger partial charge in [-0.25, -0.2) is 4.98 Å². The van der Waals surface area contributed by atoms with Crippen LogP contribution in [0.1, 0.15) is 38.2 Å². The standard InChI is InChI=1S/C24H28N4O2/c1-17-6-2-4-8-21(17)27-24(29)20(16-25)15-19-14-18-7-3-5-9-22(18)26-23(19)28-10-12-30-13-11-28/h3,5,7,9,14-15,17,21H,2,4,6,8,10-13H2,1H3,(H,27,29)/b20-15+. The Bertz CT molecular complexity index is 988. The SMILES string of the molecule is CC1CCCCC1NC(=O)/C(C#N)=C/c1cc2ccccc2nc1N1CCOCC1. The van der Waals surface area contributed by atoms with Gasteiger partial charge < -0.3 is 15.0 Å². The van der Waals surface area contributed by atoms with Gasteiger partial charge in [0, 0.05) is 30.1 Å². The molecular weight excluding hydrogens is 376 g/mol. The lowest BCUT2D eigenvalue weighted by Gasteiger charge is -2.30. The summed E-state index contributed by atoms with van der Waals surface area (Å²) in [5.41, 5.74) is 1.81. The van der Waals surface area contributed by atoms with Crippen LogP contribution in [0.3, 0.4) is 0 Å². The molecule has 2 atom stereocenters. The minimum absolute atomic E-state index is 0.124. The molecule has 1 aliphatic carbocycles. The van der Waals surface area contributed by atoms with Crippen molar-refractivity contribution < 1.29 is 9.53 Å². The zero-order valence-electron chi connectivity index (χ0n) is 17.4. The third kappa shape index (κ3) is 4.47. The number of hydrogen-bond acceptors (Lipinski definition) is 5. The second kappa shape index (κ2) is 9.27. The third-order valence-corrected chi connectivity index (χ3v) is 6.14. The van der Waals surface area contributed by atoms with E-state index in [1.54, 1.807) is 6.08 Å². The average molecular weight is 405 g/mol. The highest BCUT2D eigenvalue weighted by atomic mass is 16.5. The topological polar surface area (TPSA) is 78.2 Å². The maximum absolute atomic E-state index is 12.9. The predicted octanol–water partition coefficient (Wildman–Crippen LogP) is 3.67. The number of anilines is 1. The van der Waals surface area contributed by atoms with Gasteiger partial charge in [-0.05, 0) is 37.0 Å². The Labute approximate surface area is 177 Å². The fraction of sp³-hybridized carbons (Fsp3) is 0.458. The number of nitrogens with one attached hydrogen (secondary N) is 1. The first-order chi connectivity index (χ1) is 14.7. The lowest BCUT2D eigenvalue weighted by atomic mass is 9.86. The Morgan fingerprint density at radius 3 is 2.80 bits per heavy atom. The van der Waals surface area contributed by atoms with Gasteiger partial charge in [-0.2, -0.15) is 5.26 Å². The lowest BCUT2D eigenvalue weighted by molar-refractivity contribution is -0.118. The molecule has 0 bridgehead atoms. The number of nitrogens with zero attached hydrogens (tertiary/aromatic N) is 3. The number of benzene rings is 1. The molecule has 1 amide bonds. The molecule has 2 aliphatic rings. The summed E-state index contributed by atoms with van der Waals surface area (Å²) in [7, 11) is 0. The van der Waals surface area contributed by atoms with Gasteiger partial charge in [-0.1, -0.05) is 38.0 Å². The van der Waals surface area contributed by atoms with Gasteiger partial charge in [0.15, 0.2) is 0 Å². The van der Waals surface area contributed by atoms with Crippen molar-refractivity contribution >= 4 is 28.7 Å². The van der Waals surface area contributed by atoms with E-state index < -0.39 is 0 Å². The molecule has 0 spiro atoms. The lowest BCUT2D eigenvalue weighted by Crippen LogP contribution is -2.41. The molecule has 4 rings (SSSR count). The molecule has 2 aromatic rings. The van der Waals surface area contributed by atoms with Crippen LogP contribution in [0.25, 0.3) is 17.0 Å². The summed E-state index contributed by atoms with van der Waals surface area (Å²) >= 11 is 0. The van der Waals surface area contributed by atoms with Gasteiger partial charge in [0.05, 0.1) is 18.7 Å². The zero-order valence-corrected chi connectivity index (χ0v) is 17.4. The second-order valence-electron chi connectivity index (χ2n) is 8.20. The smallest absolute Gasteiger partial charge is 0.262 e. The maximum Gasteiger partial charge on any atom is 0.262 e. The first-order valence-corrected chi connectivity index (χ1v) is 10.8. The largest absolute Gasteiger partial charge is 0.378 e. The van der Waals surface area contributed by atoms with Crippen LogP contribution in [0.5, 0.6) is 0 Å². The van der Waals surface area contributed by atoms with Gasteiger partial charge in [0.25, 0.3) is 5.91 Å². The molecule has 2 unspecified atom stereocenters. The Hall–Kier alpha value is -2.91. The normalized spacial score (nSPS) is 22.5. The summed E-state index contributed by atoms with van der Waals surface area (Å²) in [6, 6.07) is 12.2. The molecule has 156 valence electrons. The van der Waals surface area contributed by atoms with Gasteiger partial charge in [0.1, 0.15) is 17.5 Å². The van der Waals surface area contributed by atoms with E-state index in [1.807, 2.05) is 30.3 Å². The molecule has 1 aliphatic heterocycles. The summed E-state index contributed by atoms with van der Waals surface area (Å²) in [5.74, 6) is 0.940. The number of para-hydroxylation sites is 1. The van der Waals surface area contributed by atoms with Crippen molar-refractivity contribution in [3.63, 3.8) is 0 Å². The first-order valence-electron chi connectivity index (χ1n) is 10.8. The molecule has 30 heavy (non-hydrogen) atoms. The van der Waals surface area contributed by atoms with Gasteiger partial charge >= 0.3 is 0 Å². The number of aromatic nitrogens is 1. The van der Waals surface area contributed by atoms with Crippen molar-refractivity contribution in [2.45, 2.75) is 38.6 Å². The summed E-state index contributed by atoms with van der Waals surface area (Å²) in [6.45, 7) is 4.93. The van der Waals surface area contributed by atoms with E-state index in [-0.39, 0.29) is 17.5 Å². The quantitative estimate of drug-likeness (QED) is 0.621. The fourth-order valence-electron chi connectivity index (χ4n) is 4.34. The van der Waals surface area contributed by atoms with Crippen LogP contribution >= 0.6 is 0 Å². The number of pyridine rings is 1. The number of fused-ring (bicyclic) bond motifs is 1. The van der Waals surface area contributed by atoms with Gasteiger partial charge in [-0.3, -0.25) is 4.79 Å². The maximum atomic E-state index is 12.9.